The summed E-state index contributed by atoms with van der Waals surface area (Å²) in [5.74, 6) is 1.63. The Bertz CT molecular complexity index is 2330. The van der Waals surface area contributed by atoms with Gasteiger partial charge in [-0.25, -0.2) is 0 Å². The second-order valence-electron chi connectivity index (χ2n) is 17.5. The monoisotopic (exact) mass is 838 g/mol. The first kappa shape index (κ1) is 41.7. The highest BCUT2D eigenvalue weighted by atomic mass is 31.1. The largest absolute Gasteiger partial charge is 0.493 e. The molecule has 0 aromatic heterocycles. The lowest BCUT2D eigenvalue weighted by Crippen LogP contribution is -2.31. The van der Waals surface area contributed by atoms with E-state index in [1.54, 1.807) is 14.2 Å². The van der Waals surface area contributed by atoms with Crippen LogP contribution in [0, 0.1) is 55.4 Å². The van der Waals surface area contributed by atoms with E-state index in [1.165, 1.54) is 65.7 Å². The Morgan fingerprint density at radius 1 is 0.350 bits per heavy atom. The molecule has 0 saturated carbocycles. The highest BCUT2D eigenvalue weighted by molar-refractivity contribution is 7.80. The standard InChI is InChI=1S/C52H56O6P2/c1-29-15-30(2)20-37(19-29)59(38-21-31(3)16-32(4)22-38)43-27-41(53-13)47-49(57-51(9,10)55-47)45(43)46-44(28-42(54-14)48-50(46)58-52(11,12)56-48)60(39-23-33(5)17-34(6)24-39)40-25-35(7)18-36(8)26-40/h15-28H,1-14H3. The first-order valence-electron chi connectivity index (χ1n) is 20.5. The summed E-state index contributed by atoms with van der Waals surface area (Å²) >= 11 is 0. The summed E-state index contributed by atoms with van der Waals surface area (Å²) in [4.78, 5) is 0. The maximum absolute atomic E-state index is 7.06. The van der Waals surface area contributed by atoms with Crippen molar-refractivity contribution in [2.24, 2.45) is 0 Å². The Labute approximate surface area is 358 Å². The molecule has 0 radical (unpaired) electrons. The highest BCUT2D eigenvalue weighted by Crippen LogP contribution is 2.60. The topological polar surface area (TPSA) is 55.4 Å². The number of fused-ring (bicyclic) bond motifs is 2. The van der Waals surface area contributed by atoms with E-state index in [-0.39, 0.29) is 0 Å². The van der Waals surface area contributed by atoms with E-state index in [1.807, 2.05) is 27.7 Å². The third-order valence-corrected chi connectivity index (χ3v) is 15.6. The number of aryl methyl sites for hydroxylation is 8. The van der Waals surface area contributed by atoms with Crippen LogP contribution in [0.15, 0.2) is 84.9 Å². The fraction of sp³-hybridized carbons (Fsp3) is 0.308. The minimum atomic E-state index is -1.25. The van der Waals surface area contributed by atoms with Crippen LogP contribution in [0.1, 0.15) is 72.2 Å². The molecule has 0 atom stereocenters. The quantitative estimate of drug-likeness (QED) is 0.135. The molecule has 2 heterocycles. The molecule has 0 fully saturated rings. The molecule has 0 aliphatic carbocycles. The summed E-state index contributed by atoms with van der Waals surface area (Å²) in [7, 11) is 0.909. The van der Waals surface area contributed by atoms with Gasteiger partial charge in [0.15, 0.2) is 23.0 Å². The van der Waals surface area contributed by atoms with Crippen molar-refractivity contribution in [3.05, 3.63) is 129 Å². The molecule has 8 rings (SSSR count). The Morgan fingerprint density at radius 2 is 0.583 bits per heavy atom. The smallest absolute Gasteiger partial charge is 0.246 e. The van der Waals surface area contributed by atoms with Crippen molar-refractivity contribution in [3.63, 3.8) is 0 Å². The molecular weight excluding hydrogens is 783 g/mol. The lowest BCUT2D eigenvalue weighted by Gasteiger charge is -2.29. The van der Waals surface area contributed by atoms with Crippen LogP contribution < -0.4 is 60.2 Å². The summed E-state index contributed by atoms with van der Waals surface area (Å²) in [6.07, 6.45) is 0. The third-order valence-electron chi connectivity index (χ3n) is 10.8. The SMILES string of the molecule is COc1cc(P(c2cc(C)cc(C)c2)c2cc(C)cc(C)c2)c(-c2c(P(c3cc(C)cc(C)c3)c3cc(C)cc(C)c3)cc(OC)c3c2OC(C)(C)O3)c2c1OC(C)(C)O2. The van der Waals surface area contributed by atoms with Gasteiger partial charge >= 0.3 is 0 Å². The number of hydrogen-bond acceptors (Lipinski definition) is 6. The molecule has 0 N–H and O–H groups in total. The minimum absolute atomic E-state index is 0.563. The summed E-state index contributed by atoms with van der Waals surface area (Å²) in [6, 6.07) is 32.0. The van der Waals surface area contributed by atoms with E-state index in [0.717, 1.165) is 21.7 Å². The fourth-order valence-electron chi connectivity index (χ4n) is 8.93. The van der Waals surface area contributed by atoms with Gasteiger partial charge in [0.25, 0.3) is 0 Å². The maximum Gasteiger partial charge on any atom is 0.246 e. The van der Waals surface area contributed by atoms with E-state index in [4.69, 9.17) is 28.4 Å². The van der Waals surface area contributed by atoms with E-state index in [2.05, 4.69) is 140 Å². The zero-order valence-corrected chi connectivity index (χ0v) is 39.2. The van der Waals surface area contributed by atoms with Gasteiger partial charge in [-0.3, -0.25) is 0 Å². The molecule has 0 bridgehead atoms. The van der Waals surface area contributed by atoms with Crippen molar-refractivity contribution in [1.82, 2.24) is 0 Å². The van der Waals surface area contributed by atoms with Crippen molar-refractivity contribution in [1.29, 1.82) is 0 Å². The molecule has 0 saturated heterocycles. The molecule has 6 aromatic rings. The van der Waals surface area contributed by atoms with Crippen LogP contribution in [0.5, 0.6) is 34.5 Å². The number of benzene rings is 6. The van der Waals surface area contributed by atoms with Gasteiger partial charge in [0.05, 0.1) is 14.2 Å². The maximum atomic E-state index is 7.06. The molecule has 6 nitrogen and oxygen atoms in total. The molecule has 0 unspecified atom stereocenters. The van der Waals surface area contributed by atoms with Crippen molar-refractivity contribution < 1.29 is 28.4 Å². The molecule has 0 spiro atoms. The Morgan fingerprint density at radius 3 is 0.817 bits per heavy atom. The van der Waals surface area contributed by atoms with Crippen molar-refractivity contribution >= 4 is 47.7 Å². The number of ether oxygens (including phenoxy) is 6. The second kappa shape index (κ2) is 15.5. The van der Waals surface area contributed by atoms with Crippen LogP contribution >= 0.6 is 15.8 Å². The van der Waals surface area contributed by atoms with Gasteiger partial charge in [0.2, 0.25) is 23.1 Å². The van der Waals surface area contributed by atoms with Gasteiger partial charge < -0.3 is 28.4 Å². The average molecular weight is 839 g/mol. The second-order valence-corrected chi connectivity index (χ2v) is 21.9. The lowest BCUT2D eigenvalue weighted by atomic mass is 10.0. The molecule has 310 valence electrons. The van der Waals surface area contributed by atoms with Crippen molar-refractivity contribution in [2.45, 2.75) is 94.7 Å². The Kier molecular flexibility index (Phi) is 10.7. The van der Waals surface area contributed by atoms with Gasteiger partial charge in [-0.2, -0.15) is 0 Å². The van der Waals surface area contributed by atoms with Crippen LogP contribution in [0.25, 0.3) is 11.1 Å². The summed E-state index contributed by atoms with van der Waals surface area (Å²) in [6.45, 7) is 25.2. The first-order valence-corrected chi connectivity index (χ1v) is 23.2. The summed E-state index contributed by atoms with van der Waals surface area (Å²) < 4.78 is 40.1. The molecule has 2 aliphatic heterocycles. The Balaban J connectivity index is 1.61. The summed E-state index contributed by atoms with van der Waals surface area (Å²) in [5.41, 5.74) is 11.4. The van der Waals surface area contributed by atoms with Crippen LogP contribution in [-0.4, -0.2) is 25.8 Å². The van der Waals surface area contributed by atoms with Gasteiger partial charge in [0, 0.05) is 49.4 Å². The molecule has 8 heteroatoms. The lowest BCUT2D eigenvalue weighted by molar-refractivity contribution is -0.0449. The van der Waals surface area contributed by atoms with Gasteiger partial charge in [-0.05, 0) is 105 Å². The highest BCUT2D eigenvalue weighted by Gasteiger charge is 2.45. The van der Waals surface area contributed by atoms with E-state index in [9.17, 15) is 0 Å². The first-order chi connectivity index (χ1) is 28.3. The van der Waals surface area contributed by atoms with E-state index in [0.29, 0.717) is 34.5 Å². The predicted octanol–water partition coefficient (Wildman–Crippen LogP) is 10.4. The normalized spacial score (nSPS) is 14.6. The molecule has 6 aromatic carbocycles. The average Bonchev–Trinajstić information content (AvgIpc) is 3.64. The van der Waals surface area contributed by atoms with Gasteiger partial charge in [0.1, 0.15) is 0 Å². The van der Waals surface area contributed by atoms with Crippen molar-refractivity contribution in [2.75, 3.05) is 14.2 Å². The van der Waals surface area contributed by atoms with Crippen LogP contribution in [-0.2, 0) is 0 Å². The number of rotatable bonds is 9. The van der Waals surface area contributed by atoms with E-state index >= 15 is 0 Å². The molecule has 0 amide bonds. The fourth-order valence-corrected chi connectivity index (χ4v) is 14.7. The molecule has 2 aliphatic rings. The van der Waals surface area contributed by atoms with Crippen LogP contribution in [0.3, 0.4) is 0 Å². The zero-order valence-electron chi connectivity index (χ0n) is 37.4. The summed E-state index contributed by atoms with van der Waals surface area (Å²) in [5, 5.41) is 7.03. The van der Waals surface area contributed by atoms with Crippen LogP contribution in [0.2, 0.25) is 0 Å². The third kappa shape index (κ3) is 7.86. The molecular formula is C52H56O6P2. The van der Waals surface area contributed by atoms with Crippen molar-refractivity contribution in [3.8, 4) is 45.6 Å². The number of methoxy groups -OCH3 is 2. The Hall–Kier alpha value is -5.02. The van der Waals surface area contributed by atoms with E-state index < -0.39 is 27.4 Å². The molecule has 60 heavy (non-hydrogen) atoms. The predicted molar refractivity (Wildman–Crippen MR) is 251 cm³/mol. The number of hydrogen-bond donors (Lipinski definition) is 0. The van der Waals surface area contributed by atoms with Gasteiger partial charge in [-0.15, -0.1) is 0 Å². The van der Waals surface area contributed by atoms with Crippen LogP contribution in [0.4, 0.5) is 0 Å². The van der Waals surface area contributed by atoms with Gasteiger partial charge in [-0.1, -0.05) is 117 Å². The zero-order chi connectivity index (χ0) is 43.0. The minimum Gasteiger partial charge on any atom is -0.493 e.